The number of carbonyl (C=O) groups is 1. The summed E-state index contributed by atoms with van der Waals surface area (Å²) in [5.41, 5.74) is 0. The Labute approximate surface area is 101 Å². The van der Waals surface area contributed by atoms with Crippen molar-refractivity contribution in [3.8, 4) is 0 Å². The SMILES string of the molecule is CCCCCCC.CCO.CCOC(C)=O. The van der Waals surface area contributed by atoms with E-state index in [1.165, 1.54) is 39.0 Å². The fraction of sp³-hybridized carbons (Fsp3) is 0.923. The van der Waals surface area contributed by atoms with Gasteiger partial charge in [-0.05, 0) is 13.8 Å². The van der Waals surface area contributed by atoms with Crippen LogP contribution >= 0.6 is 0 Å². The second-order valence-electron chi connectivity index (χ2n) is 3.30. The number of esters is 1. The third kappa shape index (κ3) is 50.2. The largest absolute Gasteiger partial charge is 0.466 e. The molecule has 0 amide bonds. The molecule has 0 rings (SSSR count). The maximum absolute atomic E-state index is 9.82. The molecule has 0 aliphatic carbocycles. The second-order valence-corrected chi connectivity index (χ2v) is 3.30. The van der Waals surface area contributed by atoms with E-state index in [4.69, 9.17) is 5.11 Å². The minimum atomic E-state index is -0.211. The first-order valence-electron chi connectivity index (χ1n) is 6.34. The summed E-state index contributed by atoms with van der Waals surface area (Å²) < 4.78 is 4.40. The van der Waals surface area contributed by atoms with Crippen molar-refractivity contribution in [2.45, 2.75) is 66.7 Å². The van der Waals surface area contributed by atoms with Gasteiger partial charge in [0, 0.05) is 13.5 Å². The van der Waals surface area contributed by atoms with Crippen molar-refractivity contribution in [2.75, 3.05) is 13.2 Å². The smallest absolute Gasteiger partial charge is 0.302 e. The first-order chi connectivity index (χ1) is 7.60. The Balaban J connectivity index is -0.000000172. The molecule has 0 aromatic carbocycles. The van der Waals surface area contributed by atoms with Crippen LogP contribution in [0.25, 0.3) is 0 Å². The molecule has 0 spiro atoms. The molecule has 0 aliphatic rings. The van der Waals surface area contributed by atoms with Crippen LogP contribution in [0.1, 0.15) is 66.7 Å². The molecule has 0 aromatic heterocycles. The zero-order chi connectivity index (χ0) is 13.2. The quantitative estimate of drug-likeness (QED) is 0.584. The van der Waals surface area contributed by atoms with Gasteiger partial charge >= 0.3 is 5.97 Å². The summed E-state index contributed by atoms with van der Waals surface area (Å²) in [5.74, 6) is -0.211. The lowest BCUT2D eigenvalue weighted by Crippen LogP contribution is -1.95. The van der Waals surface area contributed by atoms with E-state index in [0.717, 1.165) is 0 Å². The first-order valence-corrected chi connectivity index (χ1v) is 6.34. The zero-order valence-electron chi connectivity index (χ0n) is 11.7. The molecule has 3 heteroatoms. The van der Waals surface area contributed by atoms with Gasteiger partial charge in [-0.25, -0.2) is 0 Å². The predicted octanol–water partition coefficient (Wildman–Crippen LogP) is 3.54. The Morgan fingerprint density at radius 1 is 1.00 bits per heavy atom. The Morgan fingerprint density at radius 3 is 1.50 bits per heavy atom. The normalized spacial score (nSPS) is 8.12. The van der Waals surface area contributed by atoms with Crippen molar-refractivity contribution in [1.82, 2.24) is 0 Å². The maximum atomic E-state index is 9.82. The summed E-state index contributed by atoms with van der Waals surface area (Å²) in [6.45, 7) is 10.1. The van der Waals surface area contributed by atoms with Gasteiger partial charge in [0.15, 0.2) is 0 Å². The van der Waals surface area contributed by atoms with Gasteiger partial charge in [0.2, 0.25) is 0 Å². The lowest BCUT2D eigenvalue weighted by atomic mass is 10.2. The molecular weight excluding hydrogens is 204 g/mol. The Hall–Kier alpha value is -0.570. The van der Waals surface area contributed by atoms with E-state index in [1.807, 2.05) is 0 Å². The van der Waals surface area contributed by atoms with E-state index >= 15 is 0 Å². The summed E-state index contributed by atoms with van der Waals surface area (Å²) in [7, 11) is 0. The zero-order valence-corrected chi connectivity index (χ0v) is 11.7. The molecule has 100 valence electrons. The standard InChI is InChI=1S/C7H16.C4H8O2.C2H6O/c1-3-5-7-6-4-2;1-3-6-4(2)5;1-2-3/h3-7H2,1-2H3;3H2,1-2H3;3H,2H2,1H3. The molecule has 0 saturated carbocycles. The van der Waals surface area contributed by atoms with Crippen LogP contribution in [0.3, 0.4) is 0 Å². The van der Waals surface area contributed by atoms with Gasteiger partial charge in [-0.1, -0.05) is 46.0 Å². The monoisotopic (exact) mass is 234 g/mol. The van der Waals surface area contributed by atoms with Crippen molar-refractivity contribution >= 4 is 5.97 Å². The lowest BCUT2D eigenvalue weighted by molar-refractivity contribution is -0.140. The van der Waals surface area contributed by atoms with Crippen molar-refractivity contribution < 1.29 is 14.6 Å². The van der Waals surface area contributed by atoms with Crippen LogP contribution in [0.15, 0.2) is 0 Å². The number of rotatable bonds is 5. The van der Waals surface area contributed by atoms with E-state index in [-0.39, 0.29) is 12.6 Å². The molecule has 0 aromatic rings. The van der Waals surface area contributed by atoms with Crippen LogP contribution in [0.5, 0.6) is 0 Å². The van der Waals surface area contributed by atoms with Crippen molar-refractivity contribution in [3.63, 3.8) is 0 Å². The van der Waals surface area contributed by atoms with Crippen LogP contribution in [0.4, 0.5) is 0 Å². The van der Waals surface area contributed by atoms with E-state index in [0.29, 0.717) is 6.61 Å². The van der Waals surface area contributed by atoms with Gasteiger partial charge in [0.1, 0.15) is 0 Å². The number of unbranched alkanes of at least 4 members (excludes halogenated alkanes) is 4. The summed E-state index contributed by atoms with van der Waals surface area (Å²) in [4.78, 5) is 9.82. The summed E-state index contributed by atoms with van der Waals surface area (Å²) in [6.07, 6.45) is 7.01. The summed E-state index contributed by atoms with van der Waals surface area (Å²) in [5, 5.41) is 7.57. The molecule has 3 nitrogen and oxygen atoms in total. The van der Waals surface area contributed by atoms with Gasteiger partial charge in [-0.2, -0.15) is 0 Å². The molecular formula is C13H30O3. The van der Waals surface area contributed by atoms with Crippen molar-refractivity contribution in [2.24, 2.45) is 0 Å². The summed E-state index contributed by atoms with van der Waals surface area (Å²) >= 11 is 0. The minimum absolute atomic E-state index is 0.211. The average Bonchev–Trinajstić information content (AvgIpc) is 2.20. The Kier molecular flexibility index (Phi) is 31.1. The van der Waals surface area contributed by atoms with Gasteiger partial charge in [0.25, 0.3) is 0 Å². The van der Waals surface area contributed by atoms with E-state index < -0.39 is 0 Å². The topological polar surface area (TPSA) is 46.5 Å². The molecule has 0 atom stereocenters. The highest BCUT2D eigenvalue weighted by Gasteiger charge is 1.81. The molecule has 0 heterocycles. The molecule has 0 saturated heterocycles. The van der Waals surface area contributed by atoms with E-state index in [9.17, 15) is 4.79 Å². The molecule has 0 radical (unpaired) electrons. The maximum Gasteiger partial charge on any atom is 0.302 e. The van der Waals surface area contributed by atoms with Crippen LogP contribution in [0, 0.1) is 0 Å². The fourth-order valence-corrected chi connectivity index (χ4v) is 0.880. The number of carbonyl (C=O) groups excluding carboxylic acids is 1. The average molecular weight is 234 g/mol. The number of hydrogen-bond acceptors (Lipinski definition) is 3. The highest BCUT2D eigenvalue weighted by Crippen LogP contribution is 2.00. The summed E-state index contributed by atoms with van der Waals surface area (Å²) in [6, 6.07) is 0. The third-order valence-corrected chi connectivity index (χ3v) is 1.55. The third-order valence-electron chi connectivity index (χ3n) is 1.55. The van der Waals surface area contributed by atoms with E-state index in [1.54, 1.807) is 13.8 Å². The molecule has 0 unspecified atom stereocenters. The highest BCUT2D eigenvalue weighted by molar-refractivity contribution is 5.65. The van der Waals surface area contributed by atoms with Crippen LogP contribution in [0.2, 0.25) is 0 Å². The van der Waals surface area contributed by atoms with Crippen LogP contribution in [-0.2, 0) is 9.53 Å². The lowest BCUT2D eigenvalue weighted by Gasteiger charge is -1.90. The first kappa shape index (κ1) is 20.8. The number of aliphatic hydroxyl groups excluding tert-OH is 1. The molecule has 0 bridgehead atoms. The van der Waals surface area contributed by atoms with Crippen LogP contribution < -0.4 is 0 Å². The minimum Gasteiger partial charge on any atom is -0.466 e. The van der Waals surface area contributed by atoms with Gasteiger partial charge < -0.3 is 9.84 Å². The Bertz CT molecular complexity index is 110. The van der Waals surface area contributed by atoms with Crippen LogP contribution in [-0.4, -0.2) is 24.3 Å². The number of ether oxygens (including phenoxy) is 1. The van der Waals surface area contributed by atoms with Gasteiger partial charge in [0.05, 0.1) is 6.61 Å². The predicted molar refractivity (Wildman–Crippen MR) is 69.5 cm³/mol. The Morgan fingerprint density at radius 2 is 1.38 bits per heavy atom. The number of hydrogen-bond donors (Lipinski definition) is 1. The second kappa shape index (κ2) is 23.9. The molecule has 0 aliphatic heterocycles. The molecule has 0 fully saturated rings. The van der Waals surface area contributed by atoms with Gasteiger partial charge in [-0.3, -0.25) is 4.79 Å². The van der Waals surface area contributed by atoms with E-state index in [2.05, 4.69) is 18.6 Å². The number of aliphatic hydroxyl groups is 1. The highest BCUT2D eigenvalue weighted by atomic mass is 16.5. The molecule has 16 heavy (non-hydrogen) atoms. The fourth-order valence-electron chi connectivity index (χ4n) is 0.880. The molecule has 1 N–H and O–H groups in total. The van der Waals surface area contributed by atoms with Gasteiger partial charge in [-0.15, -0.1) is 0 Å². The van der Waals surface area contributed by atoms with Crippen molar-refractivity contribution in [1.29, 1.82) is 0 Å². The van der Waals surface area contributed by atoms with Crippen molar-refractivity contribution in [3.05, 3.63) is 0 Å².